The maximum atomic E-state index is 4.34. The highest BCUT2D eigenvalue weighted by molar-refractivity contribution is 5.27. The second-order valence-corrected chi connectivity index (χ2v) is 3.69. The van der Waals surface area contributed by atoms with Crippen molar-refractivity contribution >= 4 is 0 Å². The van der Waals surface area contributed by atoms with E-state index in [2.05, 4.69) is 31.8 Å². The van der Waals surface area contributed by atoms with Gasteiger partial charge in [-0.15, -0.1) is 0 Å². The van der Waals surface area contributed by atoms with E-state index < -0.39 is 0 Å². The molecule has 0 fully saturated rings. The van der Waals surface area contributed by atoms with Gasteiger partial charge in [-0.25, -0.2) is 0 Å². The van der Waals surface area contributed by atoms with Crippen LogP contribution >= 0.6 is 0 Å². The van der Waals surface area contributed by atoms with Crippen LogP contribution in [-0.2, 0) is 6.42 Å². The van der Waals surface area contributed by atoms with E-state index >= 15 is 0 Å². The molecule has 1 aliphatic carbocycles. The van der Waals surface area contributed by atoms with Crippen molar-refractivity contribution in [1.29, 1.82) is 0 Å². The largest absolute Gasteiger partial charge is 0.261 e. The summed E-state index contributed by atoms with van der Waals surface area (Å²) in [6.45, 7) is 6.50. The van der Waals surface area contributed by atoms with Crippen molar-refractivity contribution in [2.24, 2.45) is 0 Å². The molecule has 0 spiro atoms. The van der Waals surface area contributed by atoms with Gasteiger partial charge in [0, 0.05) is 11.9 Å². The average molecular weight is 177 g/mol. The minimum absolute atomic E-state index is 0.691. The Balaban J connectivity index is 0.000000251. The number of rotatable bonds is 0. The van der Waals surface area contributed by atoms with Crippen molar-refractivity contribution in [2.45, 2.75) is 46.0 Å². The highest BCUT2D eigenvalue weighted by atomic mass is 14.7. The summed E-state index contributed by atoms with van der Waals surface area (Å²) in [5.74, 6) is 0.691. The number of fused-ring (bicyclic) bond motifs is 1. The monoisotopic (exact) mass is 177 g/mol. The van der Waals surface area contributed by atoms with E-state index in [1.165, 1.54) is 30.5 Å². The van der Waals surface area contributed by atoms with E-state index in [0.717, 1.165) is 0 Å². The number of hydrogen-bond donors (Lipinski definition) is 0. The van der Waals surface area contributed by atoms with Crippen LogP contribution in [0.4, 0.5) is 0 Å². The number of nitrogens with zero attached hydrogens (tertiary/aromatic N) is 1. The molecule has 1 nitrogen and oxygen atoms in total. The SMILES string of the molecule is CC1CCc2cccnc21.CCC. The fourth-order valence-electron chi connectivity index (χ4n) is 1.61. The molecule has 0 aromatic carbocycles. The van der Waals surface area contributed by atoms with Gasteiger partial charge in [0.1, 0.15) is 0 Å². The van der Waals surface area contributed by atoms with Gasteiger partial charge in [-0.2, -0.15) is 0 Å². The topological polar surface area (TPSA) is 12.9 Å². The number of aromatic nitrogens is 1. The van der Waals surface area contributed by atoms with E-state index in [1.807, 2.05) is 12.3 Å². The Morgan fingerprint density at radius 1 is 1.46 bits per heavy atom. The van der Waals surface area contributed by atoms with Gasteiger partial charge in [0.05, 0.1) is 0 Å². The number of aryl methyl sites for hydroxylation is 1. The molecule has 0 aliphatic heterocycles. The first kappa shape index (κ1) is 10.2. The fraction of sp³-hybridized carbons (Fsp3) is 0.583. The van der Waals surface area contributed by atoms with Crippen LogP contribution in [0.5, 0.6) is 0 Å². The van der Waals surface area contributed by atoms with Crippen LogP contribution in [0.15, 0.2) is 18.3 Å². The Morgan fingerprint density at radius 3 is 2.77 bits per heavy atom. The lowest BCUT2D eigenvalue weighted by Crippen LogP contribution is -1.89. The van der Waals surface area contributed by atoms with E-state index in [4.69, 9.17) is 0 Å². The lowest BCUT2D eigenvalue weighted by atomic mass is 10.1. The quantitative estimate of drug-likeness (QED) is 0.590. The molecule has 1 aliphatic rings. The molecule has 1 aromatic rings. The summed E-state index contributed by atoms with van der Waals surface area (Å²) < 4.78 is 0. The molecular formula is C12H19N. The molecule has 0 saturated heterocycles. The highest BCUT2D eigenvalue weighted by Crippen LogP contribution is 2.29. The predicted octanol–water partition coefficient (Wildman–Crippen LogP) is 3.55. The zero-order valence-electron chi connectivity index (χ0n) is 8.88. The van der Waals surface area contributed by atoms with Crippen molar-refractivity contribution in [3.05, 3.63) is 29.6 Å². The van der Waals surface area contributed by atoms with E-state index in [-0.39, 0.29) is 0 Å². The van der Waals surface area contributed by atoms with Gasteiger partial charge in [-0.05, 0) is 30.4 Å². The number of hydrogen-bond acceptors (Lipinski definition) is 1. The lowest BCUT2D eigenvalue weighted by molar-refractivity contribution is 0.731. The molecular weight excluding hydrogens is 158 g/mol. The smallest absolute Gasteiger partial charge is 0.0463 e. The molecule has 1 atom stereocenters. The van der Waals surface area contributed by atoms with Gasteiger partial charge in [-0.3, -0.25) is 4.98 Å². The van der Waals surface area contributed by atoms with Crippen LogP contribution in [0.1, 0.15) is 50.8 Å². The summed E-state index contributed by atoms with van der Waals surface area (Å²) in [5, 5.41) is 0. The molecule has 1 heteroatoms. The molecule has 0 N–H and O–H groups in total. The average Bonchev–Trinajstić information content (AvgIpc) is 2.50. The van der Waals surface area contributed by atoms with E-state index in [1.54, 1.807) is 0 Å². The summed E-state index contributed by atoms with van der Waals surface area (Å²) in [5.41, 5.74) is 2.78. The standard InChI is InChI=1S/C9H11N.C3H8/c1-7-4-5-8-3-2-6-10-9(7)8;1-3-2/h2-3,6-7H,4-5H2,1H3;3H2,1-2H3. The van der Waals surface area contributed by atoms with Crippen LogP contribution in [0.3, 0.4) is 0 Å². The second kappa shape index (κ2) is 5.00. The van der Waals surface area contributed by atoms with Crippen LogP contribution in [0.2, 0.25) is 0 Å². The molecule has 72 valence electrons. The minimum Gasteiger partial charge on any atom is -0.261 e. The van der Waals surface area contributed by atoms with Gasteiger partial charge in [0.2, 0.25) is 0 Å². The third-order valence-electron chi connectivity index (χ3n) is 2.24. The summed E-state index contributed by atoms with van der Waals surface area (Å²) in [6, 6.07) is 4.21. The second-order valence-electron chi connectivity index (χ2n) is 3.69. The summed E-state index contributed by atoms with van der Waals surface area (Å²) in [7, 11) is 0. The normalized spacial score (nSPS) is 18.8. The maximum Gasteiger partial charge on any atom is 0.0463 e. The first-order valence-electron chi connectivity index (χ1n) is 5.23. The number of pyridine rings is 1. The third-order valence-corrected chi connectivity index (χ3v) is 2.24. The predicted molar refractivity (Wildman–Crippen MR) is 56.9 cm³/mol. The molecule has 0 saturated carbocycles. The molecule has 1 unspecified atom stereocenters. The fourth-order valence-corrected chi connectivity index (χ4v) is 1.61. The van der Waals surface area contributed by atoms with Crippen LogP contribution in [0, 0.1) is 0 Å². The van der Waals surface area contributed by atoms with Crippen molar-refractivity contribution in [2.75, 3.05) is 0 Å². The molecule has 0 radical (unpaired) electrons. The Morgan fingerprint density at radius 2 is 2.15 bits per heavy atom. The molecule has 1 aromatic heterocycles. The first-order valence-corrected chi connectivity index (χ1v) is 5.23. The third kappa shape index (κ3) is 2.55. The van der Waals surface area contributed by atoms with Crippen LogP contribution < -0.4 is 0 Å². The van der Waals surface area contributed by atoms with Gasteiger partial charge in [0.25, 0.3) is 0 Å². The molecule has 0 bridgehead atoms. The van der Waals surface area contributed by atoms with Crippen LogP contribution in [-0.4, -0.2) is 4.98 Å². The Labute approximate surface area is 81.2 Å². The summed E-state index contributed by atoms with van der Waals surface area (Å²) >= 11 is 0. The Bertz CT molecular complexity index is 255. The summed E-state index contributed by atoms with van der Waals surface area (Å²) in [6.07, 6.45) is 5.65. The minimum atomic E-state index is 0.691. The van der Waals surface area contributed by atoms with Crippen molar-refractivity contribution in [3.63, 3.8) is 0 Å². The first-order chi connectivity index (χ1) is 6.29. The van der Waals surface area contributed by atoms with Gasteiger partial charge in [0.15, 0.2) is 0 Å². The zero-order chi connectivity index (χ0) is 9.68. The molecule has 0 amide bonds. The van der Waals surface area contributed by atoms with Gasteiger partial charge >= 0.3 is 0 Å². The molecule has 13 heavy (non-hydrogen) atoms. The zero-order valence-corrected chi connectivity index (χ0v) is 8.88. The van der Waals surface area contributed by atoms with E-state index in [0.29, 0.717) is 5.92 Å². The van der Waals surface area contributed by atoms with Crippen molar-refractivity contribution in [1.82, 2.24) is 4.98 Å². The van der Waals surface area contributed by atoms with Crippen molar-refractivity contribution < 1.29 is 0 Å². The van der Waals surface area contributed by atoms with E-state index in [9.17, 15) is 0 Å². The molecule has 1 heterocycles. The molecule has 2 rings (SSSR count). The van der Waals surface area contributed by atoms with Crippen molar-refractivity contribution in [3.8, 4) is 0 Å². The Hall–Kier alpha value is -0.850. The lowest BCUT2D eigenvalue weighted by Gasteiger charge is -1.99. The maximum absolute atomic E-state index is 4.34. The highest BCUT2D eigenvalue weighted by Gasteiger charge is 2.18. The Kier molecular flexibility index (Phi) is 3.94. The van der Waals surface area contributed by atoms with Gasteiger partial charge in [-0.1, -0.05) is 33.3 Å². The summed E-state index contributed by atoms with van der Waals surface area (Å²) in [4.78, 5) is 4.34. The van der Waals surface area contributed by atoms with Gasteiger partial charge < -0.3 is 0 Å². The van der Waals surface area contributed by atoms with Crippen LogP contribution in [0.25, 0.3) is 0 Å².